The highest BCUT2D eigenvalue weighted by Crippen LogP contribution is 2.64. The largest absolute Gasteiger partial charge is 0.421 e. The highest BCUT2D eigenvalue weighted by atomic mass is 19.4. The average molecular weight is 320 g/mol. The fourth-order valence-electron chi connectivity index (χ4n) is 4.60. The molecule has 0 unspecified atom stereocenters. The molecule has 0 amide bonds. The first-order chi connectivity index (χ1) is 9.33. The summed E-state index contributed by atoms with van der Waals surface area (Å²) in [6, 6.07) is 0. The van der Waals surface area contributed by atoms with Gasteiger partial charge in [-0.1, -0.05) is 0 Å². The molecule has 0 aliphatic heterocycles. The van der Waals surface area contributed by atoms with Crippen LogP contribution >= 0.6 is 0 Å². The molecule has 4 aliphatic rings. The van der Waals surface area contributed by atoms with Crippen molar-refractivity contribution >= 4 is 0 Å². The Hall–Kier alpha value is -0.820. The third-order valence-corrected chi connectivity index (χ3v) is 4.82. The minimum atomic E-state index is -5.56. The monoisotopic (exact) mass is 320 g/mol. The van der Waals surface area contributed by atoms with Gasteiger partial charge >= 0.3 is 12.4 Å². The Kier molecular flexibility index (Phi) is 2.82. The molecule has 0 aromatic carbocycles. The zero-order chi connectivity index (χ0) is 15.8. The van der Waals surface area contributed by atoms with Crippen molar-refractivity contribution in [2.45, 2.75) is 55.8 Å². The summed E-state index contributed by atoms with van der Waals surface area (Å²) in [4.78, 5) is 0. The van der Waals surface area contributed by atoms with E-state index in [1.807, 2.05) is 0 Å². The SMILES string of the molecule is FC12CC3CC(F)(CC(C1)C3=C(C(F)(F)F)C(F)(F)F)C2. The van der Waals surface area contributed by atoms with E-state index in [1.165, 1.54) is 0 Å². The van der Waals surface area contributed by atoms with Crippen molar-refractivity contribution in [2.75, 3.05) is 0 Å². The molecule has 0 spiro atoms. The van der Waals surface area contributed by atoms with Gasteiger partial charge in [-0.15, -0.1) is 0 Å². The molecule has 0 aromatic rings. The summed E-state index contributed by atoms with van der Waals surface area (Å²) in [5, 5.41) is 0. The van der Waals surface area contributed by atoms with Crippen LogP contribution in [0.5, 0.6) is 0 Å². The minimum Gasteiger partial charge on any atom is -0.244 e. The first-order valence-electron chi connectivity index (χ1n) is 6.59. The van der Waals surface area contributed by atoms with Gasteiger partial charge in [0.15, 0.2) is 0 Å². The van der Waals surface area contributed by atoms with Gasteiger partial charge in [-0.3, -0.25) is 0 Å². The minimum absolute atomic E-state index is 0.409. The molecule has 4 saturated carbocycles. The van der Waals surface area contributed by atoms with E-state index in [4.69, 9.17) is 0 Å². The highest BCUT2D eigenvalue weighted by Gasteiger charge is 2.64. The predicted octanol–water partition coefficient (Wildman–Crippen LogP) is 5.05. The molecule has 21 heavy (non-hydrogen) atoms. The van der Waals surface area contributed by atoms with Crippen molar-refractivity contribution in [3.8, 4) is 0 Å². The second-order valence-electron chi connectivity index (χ2n) is 6.51. The number of allylic oxidation sites excluding steroid dienone is 2. The van der Waals surface area contributed by atoms with E-state index in [1.54, 1.807) is 0 Å². The lowest BCUT2D eigenvalue weighted by Gasteiger charge is -2.57. The van der Waals surface area contributed by atoms with Gasteiger partial charge < -0.3 is 0 Å². The highest BCUT2D eigenvalue weighted by molar-refractivity contribution is 5.35. The first-order valence-corrected chi connectivity index (χ1v) is 6.59. The Bertz CT molecular complexity index is 443. The average Bonchev–Trinajstić information content (AvgIpc) is 2.15. The maximum absolute atomic E-state index is 14.3. The van der Waals surface area contributed by atoms with E-state index < -0.39 is 78.8 Å². The molecule has 120 valence electrons. The molecule has 4 bridgehead atoms. The van der Waals surface area contributed by atoms with Crippen LogP contribution in [0.25, 0.3) is 0 Å². The molecule has 0 saturated heterocycles. The molecule has 0 aromatic heterocycles. The van der Waals surface area contributed by atoms with Crippen LogP contribution in [0.1, 0.15) is 32.1 Å². The zero-order valence-corrected chi connectivity index (χ0v) is 10.7. The molecule has 0 nitrogen and oxygen atoms in total. The van der Waals surface area contributed by atoms with Crippen LogP contribution in [0.2, 0.25) is 0 Å². The topological polar surface area (TPSA) is 0 Å². The van der Waals surface area contributed by atoms with Gasteiger partial charge in [0.05, 0.1) is 0 Å². The molecule has 4 fully saturated rings. The summed E-state index contributed by atoms with van der Waals surface area (Å²) < 4.78 is 106. The van der Waals surface area contributed by atoms with Gasteiger partial charge in [-0.05, 0) is 43.1 Å². The molecule has 0 heterocycles. The van der Waals surface area contributed by atoms with Gasteiger partial charge in [-0.25, -0.2) is 8.78 Å². The van der Waals surface area contributed by atoms with Gasteiger partial charge in [0.1, 0.15) is 16.9 Å². The number of hydrogen-bond acceptors (Lipinski definition) is 0. The fraction of sp³-hybridized carbons (Fsp3) is 0.846. The van der Waals surface area contributed by atoms with Crippen LogP contribution in [-0.2, 0) is 0 Å². The van der Waals surface area contributed by atoms with E-state index in [9.17, 15) is 35.1 Å². The molecule has 8 heteroatoms. The number of hydrogen-bond donors (Lipinski definition) is 0. The summed E-state index contributed by atoms with van der Waals surface area (Å²) in [5.41, 5.74) is -7.30. The van der Waals surface area contributed by atoms with Crippen molar-refractivity contribution in [2.24, 2.45) is 11.8 Å². The van der Waals surface area contributed by atoms with Gasteiger partial charge in [-0.2, -0.15) is 26.3 Å². The molecular weight excluding hydrogens is 308 g/mol. The number of rotatable bonds is 0. The Morgan fingerprint density at radius 1 is 0.762 bits per heavy atom. The third kappa shape index (κ3) is 2.34. The van der Waals surface area contributed by atoms with Crippen LogP contribution in [0, 0.1) is 11.8 Å². The maximum atomic E-state index is 14.3. The molecule has 0 atom stereocenters. The first kappa shape index (κ1) is 15.1. The zero-order valence-electron chi connectivity index (χ0n) is 10.7. The summed E-state index contributed by atoms with van der Waals surface area (Å²) >= 11 is 0. The van der Waals surface area contributed by atoms with E-state index in [0.717, 1.165) is 0 Å². The summed E-state index contributed by atoms with van der Waals surface area (Å²) in [5.74, 6) is -2.61. The summed E-state index contributed by atoms with van der Waals surface area (Å²) in [7, 11) is 0. The van der Waals surface area contributed by atoms with Crippen LogP contribution < -0.4 is 0 Å². The predicted molar refractivity (Wildman–Crippen MR) is 56.9 cm³/mol. The van der Waals surface area contributed by atoms with Crippen molar-refractivity contribution in [3.63, 3.8) is 0 Å². The van der Waals surface area contributed by atoms with Crippen LogP contribution in [0.3, 0.4) is 0 Å². The Labute approximate surface area is 115 Å². The smallest absolute Gasteiger partial charge is 0.244 e. The fourth-order valence-corrected chi connectivity index (χ4v) is 4.60. The van der Waals surface area contributed by atoms with Crippen molar-refractivity contribution in [1.29, 1.82) is 0 Å². The quantitative estimate of drug-likeness (QED) is 0.433. The van der Waals surface area contributed by atoms with Gasteiger partial charge in [0, 0.05) is 6.42 Å². The molecule has 0 radical (unpaired) electrons. The van der Waals surface area contributed by atoms with Crippen molar-refractivity contribution < 1.29 is 35.1 Å². The van der Waals surface area contributed by atoms with Crippen LogP contribution in [0.15, 0.2) is 11.1 Å². The van der Waals surface area contributed by atoms with Gasteiger partial charge in [0.2, 0.25) is 0 Å². The lowest BCUT2D eigenvalue weighted by molar-refractivity contribution is -0.180. The van der Waals surface area contributed by atoms with Crippen LogP contribution in [-0.4, -0.2) is 23.7 Å². The second kappa shape index (κ2) is 3.93. The van der Waals surface area contributed by atoms with Gasteiger partial charge in [0.25, 0.3) is 0 Å². The molecule has 0 N–H and O–H groups in total. The lowest BCUT2D eigenvalue weighted by atomic mass is 9.51. The number of alkyl halides is 8. The Morgan fingerprint density at radius 3 is 1.38 bits per heavy atom. The molecule has 4 rings (SSSR count). The normalized spacial score (nSPS) is 42.6. The molecule has 4 aliphatic carbocycles. The Balaban J connectivity index is 2.13. The van der Waals surface area contributed by atoms with E-state index in [-0.39, 0.29) is 0 Å². The standard InChI is InChI=1S/C13H12F8/c14-10-1-6-2-11(15,5-10)4-7(3-10)8(6)9(12(16,17)18)13(19,20)21/h6-7H,1-5H2. The van der Waals surface area contributed by atoms with E-state index >= 15 is 0 Å². The summed E-state index contributed by atoms with van der Waals surface area (Å²) in [6.07, 6.45) is -13.3. The second-order valence-corrected chi connectivity index (χ2v) is 6.51. The number of halogens is 8. The third-order valence-electron chi connectivity index (χ3n) is 4.82. The van der Waals surface area contributed by atoms with E-state index in [0.29, 0.717) is 0 Å². The maximum Gasteiger partial charge on any atom is 0.421 e. The van der Waals surface area contributed by atoms with E-state index in [2.05, 4.69) is 0 Å². The van der Waals surface area contributed by atoms with Crippen molar-refractivity contribution in [1.82, 2.24) is 0 Å². The van der Waals surface area contributed by atoms with Crippen molar-refractivity contribution in [3.05, 3.63) is 11.1 Å². The lowest BCUT2D eigenvalue weighted by Crippen LogP contribution is -2.57. The Morgan fingerprint density at radius 2 is 1.10 bits per heavy atom. The molecular formula is C13H12F8. The summed E-state index contributed by atoms with van der Waals surface area (Å²) in [6.45, 7) is 0. The van der Waals surface area contributed by atoms with Crippen LogP contribution in [0.4, 0.5) is 35.1 Å².